The van der Waals surface area contributed by atoms with Gasteiger partial charge in [0.05, 0.1) is 25.7 Å². The Morgan fingerprint density at radius 2 is 1.72 bits per heavy atom. The summed E-state index contributed by atoms with van der Waals surface area (Å²) in [6.07, 6.45) is 3.42. The Hall–Kier alpha value is -4.18. The van der Waals surface area contributed by atoms with Crippen molar-refractivity contribution < 1.29 is 14.3 Å². The zero-order valence-corrected chi connectivity index (χ0v) is 21.2. The first-order valence-electron chi connectivity index (χ1n) is 11.1. The van der Waals surface area contributed by atoms with E-state index in [0.29, 0.717) is 28.2 Å². The SMILES string of the molecule is COc1ccc(/C(C)=N\NC(=O)CSc2nnc(-c3ccncc3)n2-c2ccc(C)cc2)cc1OC. The van der Waals surface area contributed by atoms with Gasteiger partial charge in [-0.15, -0.1) is 10.2 Å². The number of nitrogens with zero attached hydrogens (tertiary/aromatic N) is 5. The minimum atomic E-state index is -0.260. The molecule has 0 saturated carbocycles. The molecule has 4 aromatic rings. The van der Waals surface area contributed by atoms with Crippen LogP contribution in [0.5, 0.6) is 11.5 Å². The van der Waals surface area contributed by atoms with Gasteiger partial charge in [0.25, 0.3) is 5.91 Å². The van der Waals surface area contributed by atoms with Gasteiger partial charge in [-0.1, -0.05) is 29.5 Å². The van der Waals surface area contributed by atoms with Crippen molar-refractivity contribution in [2.45, 2.75) is 19.0 Å². The molecule has 0 aliphatic carbocycles. The van der Waals surface area contributed by atoms with E-state index in [2.05, 4.69) is 25.7 Å². The first-order chi connectivity index (χ1) is 17.5. The van der Waals surface area contributed by atoms with Gasteiger partial charge in [0.2, 0.25) is 0 Å². The maximum Gasteiger partial charge on any atom is 0.250 e. The Morgan fingerprint density at radius 3 is 2.42 bits per heavy atom. The number of thioether (sulfide) groups is 1. The third-order valence-corrected chi connectivity index (χ3v) is 6.27. The largest absolute Gasteiger partial charge is 0.493 e. The van der Waals surface area contributed by atoms with Crippen LogP contribution in [0, 0.1) is 6.92 Å². The number of nitrogens with one attached hydrogen (secondary N) is 1. The Kier molecular flexibility index (Phi) is 7.96. The Balaban J connectivity index is 1.49. The molecule has 1 N–H and O–H groups in total. The van der Waals surface area contributed by atoms with Crippen molar-refractivity contribution in [3.63, 3.8) is 0 Å². The molecule has 0 unspecified atom stereocenters. The van der Waals surface area contributed by atoms with Gasteiger partial charge >= 0.3 is 0 Å². The first-order valence-corrected chi connectivity index (χ1v) is 12.1. The maximum atomic E-state index is 12.6. The number of hydrazone groups is 1. The van der Waals surface area contributed by atoms with Crippen molar-refractivity contribution in [3.8, 4) is 28.6 Å². The molecule has 1 amide bonds. The average molecular weight is 503 g/mol. The van der Waals surface area contributed by atoms with Gasteiger partial charge in [-0.2, -0.15) is 5.10 Å². The summed E-state index contributed by atoms with van der Waals surface area (Å²) in [4.78, 5) is 16.7. The van der Waals surface area contributed by atoms with Gasteiger partial charge in [0.1, 0.15) is 0 Å². The number of aromatic nitrogens is 4. The van der Waals surface area contributed by atoms with E-state index >= 15 is 0 Å². The topological polar surface area (TPSA) is 104 Å². The van der Waals surface area contributed by atoms with Crippen LogP contribution in [0.4, 0.5) is 0 Å². The lowest BCUT2D eigenvalue weighted by Crippen LogP contribution is -2.21. The molecule has 10 heteroatoms. The normalized spacial score (nSPS) is 11.3. The molecule has 9 nitrogen and oxygen atoms in total. The number of carbonyl (C=O) groups excluding carboxylic acids is 1. The van der Waals surface area contributed by atoms with E-state index in [1.165, 1.54) is 11.8 Å². The molecular weight excluding hydrogens is 476 g/mol. The molecule has 184 valence electrons. The number of aryl methyl sites for hydroxylation is 1. The number of benzene rings is 2. The van der Waals surface area contributed by atoms with Crippen molar-refractivity contribution in [3.05, 3.63) is 78.1 Å². The highest BCUT2D eigenvalue weighted by Gasteiger charge is 2.17. The minimum absolute atomic E-state index is 0.114. The van der Waals surface area contributed by atoms with Crippen LogP contribution in [0.25, 0.3) is 17.1 Å². The third kappa shape index (κ3) is 5.72. The molecule has 0 radical (unpaired) electrons. The summed E-state index contributed by atoms with van der Waals surface area (Å²) in [6, 6.07) is 17.3. The van der Waals surface area contributed by atoms with Gasteiger partial charge in [-0.05, 0) is 56.3 Å². The van der Waals surface area contributed by atoms with Crippen LogP contribution in [0.3, 0.4) is 0 Å². The minimum Gasteiger partial charge on any atom is -0.493 e. The predicted molar refractivity (Wildman–Crippen MR) is 140 cm³/mol. The highest BCUT2D eigenvalue weighted by Crippen LogP contribution is 2.29. The maximum absolute atomic E-state index is 12.6. The van der Waals surface area contributed by atoms with Crippen LogP contribution in [-0.2, 0) is 4.79 Å². The van der Waals surface area contributed by atoms with Gasteiger partial charge in [0, 0.05) is 29.2 Å². The summed E-state index contributed by atoms with van der Waals surface area (Å²) in [6.45, 7) is 3.84. The fourth-order valence-corrected chi connectivity index (χ4v) is 4.16. The van der Waals surface area contributed by atoms with E-state index in [1.807, 2.05) is 66.9 Å². The fourth-order valence-electron chi connectivity index (χ4n) is 3.41. The third-order valence-electron chi connectivity index (χ3n) is 5.35. The molecule has 36 heavy (non-hydrogen) atoms. The molecular formula is C26H26N6O3S. The summed E-state index contributed by atoms with van der Waals surface area (Å²) in [5, 5.41) is 13.6. The molecule has 2 aromatic heterocycles. The number of ether oxygens (including phenoxy) is 2. The van der Waals surface area contributed by atoms with Crippen molar-refractivity contribution in [1.29, 1.82) is 0 Å². The average Bonchev–Trinajstić information content (AvgIpc) is 3.35. The van der Waals surface area contributed by atoms with Crippen LogP contribution in [-0.4, -0.2) is 51.3 Å². The lowest BCUT2D eigenvalue weighted by molar-refractivity contribution is -0.118. The summed E-state index contributed by atoms with van der Waals surface area (Å²) in [5.41, 5.74) is 6.99. The zero-order chi connectivity index (χ0) is 25.5. The summed E-state index contributed by atoms with van der Waals surface area (Å²) in [7, 11) is 3.15. The number of amides is 1. The number of hydrogen-bond acceptors (Lipinski definition) is 8. The molecule has 0 fully saturated rings. The second-order valence-electron chi connectivity index (χ2n) is 7.80. The molecule has 0 bridgehead atoms. The van der Waals surface area contributed by atoms with Crippen LogP contribution < -0.4 is 14.9 Å². The molecule has 2 aromatic carbocycles. The summed E-state index contributed by atoms with van der Waals surface area (Å²) in [5.74, 6) is 1.74. The van der Waals surface area contributed by atoms with Gasteiger partial charge in [-0.25, -0.2) is 5.43 Å². The van der Waals surface area contributed by atoms with E-state index in [1.54, 1.807) is 32.7 Å². The number of hydrogen-bond donors (Lipinski definition) is 1. The highest BCUT2D eigenvalue weighted by atomic mass is 32.2. The Labute approximate surface area is 213 Å². The quantitative estimate of drug-likeness (QED) is 0.207. The molecule has 2 heterocycles. The molecule has 0 atom stereocenters. The zero-order valence-electron chi connectivity index (χ0n) is 20.4. The van der Waals surface area contributed by atoms with Crippen molar-refractivity contribution in [1.82, 2.24) is 25.2 Å². The predicted octanol–water partition coefficient (Wildman–Crippen LogP) is 4.29. The molecule has 0 aliphatic rings. The first kappa shape index (κ1) is 24.9. The number of pyridine rings is 1. The van der Waals surface area contributed by atoms with Gasteiger partial charge < -0.3 is 9.47 Å². The van der Waals surface area contributed by atoms with Crippen LogP contribution in [0.1, 0.15) is 18.1 Å². The fraction of sp³-hybridized carbons (Fsp3) is 0.192. The van der Waals surface area contributed by atoms with E-state index in [4.69, 9.17) is 9.47 Å². The number of carbonyl (C=O) groups is 1. The second-order valence-corrected chi connectivity index (χ2v) is 8.75. The van der Waals surface area contributed by atoms with E-state index in [0.717, 1.165) is 22.4 Å². The summed E-state index contributed by atoms with van der Waals surface area (Å²) < 4.78 is 12.5. The van der Waals surface area contributed by atoms with E-state index < -0.39 is 0 Å². The summed E-state index contributed by atoms with van der Waals surface area (Å²) >= 11 is 1.28. The second kappa shape index (κ2) is 11.5. The number of methoxy groups -OCH3 is 2. The van der Waals surface area contributed by atoms with Gasteiger partial charge in [0.15, 0.2) is 22.5 Å². The molecule has 0 spiro atoms. The standard InChI is InChI=1S/C26H26N6O3S/c1-17-5-8-21(9-6-17)32-25(19-11-13-27-14-12-19)30-31-26(32)36-16-24(33)29-28-18(2)20-7-10-22(34-3)23(15-20)35-4/h5-15H,16H2,1-4H3,(H,29,33)/b28-18-. The van der Waals surface area contributed by atoms with Gasteiger partial charge in [-0.3, -0.25) is 14.3 Å². The Bertz CT molecular complexity index is 1370. The van der Waals surface area contributed by atoms with E-state index in [-0.39, 0.29) is 11.7 Å². The molecule has 0 saturated heterocycles. The van der Waals surface area contributed by atoms with Crippen molar-refractivity contribution in [2.75, 3.05) is 20.0 Å². The van der Waals surface area contributed by atoms with Crippen molar-refractivity contribution >= 4 is 23.4 Å². The Morgan fingerprint density at radius 1 is 1.00 bits per heavy atom. The van der Waals surface area contributed by atoms with Crippen LogP contribution in [0.2, 0.25) is 0 Å². The number of rotatable bonds is 9. The van der Waals surface area contributed by atoms with Crippen molar-refractivity contribution in [2.24, 2.45) is 5.10 Å². The highest BCUT2D eigenvalue weighted by molar-refractivity contribution is 7.99. The van der Waals surface area contributed by atoms with Crippen LogP contribution in [0.15, 0.2) is 77.2 Å². The monoisotopic (exact) mass is 502 g/mol. The molecule has 0 aliphatic heterocycles. The van der Waals surface area contributed by atoms with Crippen LogP contribution >= 0.6 is 11.8 Å². The van der Waals surface area contributed by atoms with E-state index in [9.17, 15) is 4.79 Å². The molecule has 4 rings (SSSR count). The smallest absolute Gasteiger partial charge is 0.250 e. The lowest BCUT2D eigenvalue weighted by Gasteiger charge is -2.11. The lowest BCUT2D eigenvalue weighted by atomic mass is 10.1.